The molecule has 1 N–H and O–H groups in total. The van der Waals surface area contributed by atoms with Crippen LogP contribution in [-0.2, 0) is 0 Å². The first-order chi connectivity index (χ1) is 16.5. The molecule has 0 atom stereocenters. The summed E-state index contributed by atoms with van der Waals surface area (Å²) < 4.78 is 5.46. The maximum atomic E-state index is 12.7. The highest BCUT2D eigenvalue weighted by Gasteiger charge is 2.36. The molecule has 1 aliphatic heterocycles. The second-order valence-electron chi connectivity index (χ2n) is 7.49. The van der Waals surface area contributed by atoms with Crippen molar-refractivity contribution in [2.45, 2.75) is 6.92 Å². The predicted octanol–water partition coefficient (Wildman–Crippen LogP) is 5.26. The minimum Gasteiger partial charge on any atom is -0.494 e. The van der Waals surface area contributed by atoms with Crippen LogP contribution in [0.25, 0.3) is 11.3 Å². The van der Waals surface area contributed by atoms with Crippen molar-refractivity contribution < 1.29 is 19.1 Å². The van der Waals surface area contributed by atoms with Crippen LogP contribution in [0.15, 0.2) is 78.2 Å². The van der Waals surface area contributed by atoms with Crippen LogP contribution in [0, 0.1) is 0 Å². The van der Waals surface area contributed by atoms with E-state index in [9.17, 15) is 14.4 Å². The van der Waals surface area contributed by atoms with Gasteiger partial charge in [-0.3, -0.25) is 19.7 Å². The molecule has 3 amide bonds. The van der Waals surface area contributed by atoms with E-state index in [1.54, 1.807) is 48.5 Å². The first-order valence-electron chi connectivity index (χ1n) is 10.6. The van der Waals surface area contributed by atoms with E-state index in [2.05, 4.69) is 10.3 Å². The first kappa shape index (κ1) is 21.5. The number of carbonyl (C=O) groups is 3. The topological polar surface area (TPSA) is 88.6 Å². The number of nitrogens with one attached hydrogen (secondary N) is 1. The molecule has 0 saturated carbocycles. The number of amides is 3. The lowest BCUT2D eigenvalue weighted by Crippen LogP contribution is -2.29. The highest BCUT2D eigenvalue weighted by molar-refractivity contribution is 7.14. The molecule has 0 bridgehead atoms. The molecular weight excluding hydrogens is 450 g/mol. The number of hydrogen-bond donors (Lipinski definition) is 1. The zero-order chi connectivity index (χ0) is 23.7. The number of rotatable bonds is 6. The number of fused-ring (bicyclic) bond motifs is 1. The summed E-state index contributed by atoms with van der Waals surface area (Å²) in [5, 5.41) is 5.14. The van der Waals surface area contributed by atoms with Gasteiger partial charge in [-0.2, -0.15) is 0 Å². The van der Waals surface area contributed by atoms with Crippen molar-refractivity contribution >= 4 is 39.9 Å². The Morgan fingerprint density at radius 3 is 2.21 bits per heavy atom. The van der Waals surface area contributed by atoms with Crippen LogP contribution in [0.1, 0.15) is 38.0 Å². The number of anilines is 2. The van der Waals surface area contributed by atoms with E-state index in [0.717, 1.165) is 21.9 Å². The lowest BCUT2D eigenvalue weighted by Gasteiger charge is -2.14. The molecule has 0 aliphatic carbocycles. The molecule has 1 aromatic heterocycles. The SMILES string of the molecule is CCOc1ccc(-c2csc(NC(=O)c3ccc(N4C(=O)c5ccccc5C4=O)cc3)n2)cc1. The highest BCUT2D eigenvalue weighted by atomic mass is 32.1. The van der Waals surface area contributed by atoms with Gasteiger partial charge in [0.25, 0.3) is 17.7 Å². The van der Waals surface area contributed by atoms with Crippen LogP contribution in [0.3, 0.4) is 0 Å². The molecule has 3 aromatic carbocycles. The summed E-state index contributed by atoms with van der Waals surface area (Å²) in [4.78, 5) is 43.6. The van der Waals surface area contributed by atoms with Gasteiger partial charge < -0.3 is 4.74 Å². The van der Waals surface area contributed by atoms with E-state index in [1.165, 1.54) is 11.3 Å². The van der Waals surface area contributed by atoms with Gasteiger partial charge in [0.1, 0.15) is 5.75 Å². The number of benzene rings is 3. The van der Waals surface area contributed by atoms with Crippen molar-refractivity contribution in [1.29, 1.82) is 0 Å². The Morgan fingerprint density at radius 2 is 1.59 bits per heavy atom. The van der Waals surface area contributed by atoms with Gasteiger partial charge in [-0.15, -0.1) is 11.3 Å². The summed E-state index contributed by atoms with van der Waals surface area (Å²) in [6.07, 6.45) is 0. The molecule has 0 fully saturated rings. The molecular formula is C26H19N3O4S. The number of nitrogens with zero attached hydrogens (tertiary/aromatic N) is 2. The molecule has 4 aromatic rings. The van der Waals surface area contributed by atoms with E-state index >= 15 is 0 Å². The Morgan fingerprint density at radius 1 is 0.941 bits per heavy atom. The summed E-state index contributed by atoms with van der Waals surface area (Å²) in [5.41, 5.74) is 3.23. The van der Waals surface area contributed by atoms with Gasteiger partial charge in [-0.25, -0.2) is 9.88 Å². The summed E-state index contributed by atoms with van der Waals surface area (Å²) in [5.74, 6) is -0.286. The van der Waals surface area contributed by atoms with Crippen molar-refractivity contribution in [2.24, 2.45) is 0 Å². The molecule has 0 radical (unpaired) electrons. The molecule has 2 heterocycles. The Kier molecular flexibility index (Phi) is 5.65. The van der Waals surface area contributed by atoms with Crippen molar-refractivity contribution in [3.63, 3.8) is 0 Å². The minimum atomic E-state index is -0.373. The molecule has 7 nitrogen and oxygen atoms in total. The highest BCUT2D eigenvalue weighted by Crippen LogP contribution is 2.29. The van der Waals surface area contributed by atoms with E-state index in [0.29, 0.717) is 34.1 Å². The summed E-state index contributed by atoms with van der Waals surface area (Å²) in [7, 11) is 0. The maximum absolute atomic E-state index is 12.7. The third-order valence-electron chi connectivity index (χ3n) is 5.37. The quantitative estimate of drug-likeness (QED) is 0.389. The van der Waals surface area contributed by atoms with Crippen molar-refractivity contribution in [3.05, 3.63) is 94.9 Å². The summed E-state index contributed by atoms with van der Waals surface area (Å²) in [6.45, 7) is 2.53. The zero-order valence-electron chi connectivity index (χ0n) is 18.1. The van der Waals surface area contributed by atoms with Gasteiger partial charge in [0.05, 0.1) is 29.1 Å². The van der Waals surface area contributed by atoms with E-state index in [1.807, 2.05) is 36.6 Å². The average Bonchev–Trinajstić information content (AvgIpc) is 3.43. The van der Waals surface area contributed by atoms with E-state index < -0.39 is 0 Å². The first-order valence-corrected chi connectivity index (χ1v) is 11.5. The fraction of sp³-hybridized carbons (Fsp3) is 0.0769. The third kappa shape index (κ3) is 3.95. The Balaban J connectivity index is 1.28. The van der Waals surface area contributed by atoms with Crippen LogP contribution in [0.2, 0.25) is 0 Å². The lowest BCUT2D eigenvalue weighted by molar-refractivity contribution is 0.0925. The number of aromatic nitrogens is 1. The van der Waals surface area contributed by atoms with Crippen molar-refractivity contribution in [2.75, 3.05) is 16.8 Å². The number of carbonyl (C=O) groups excluding carboxylic acids is 3. The fourth-order valence-electron chi connectivity index (χ4n) is 3.71. The monoisotopic (exact) mass is 469 g/mol. The van der Waals surface area contributed by atoms with Gasteiger partial charge in [0, 0.05) is 16.5 Å². The number of hydrogen-bond acceptors (Lipinski definition) is 6. The van der Waals surface area contributed by atoms with Gasteiger partial charge in [-0.05, 0) is 67.6 Å². The molecule has 8 heteroatoms. The minimum absolute atomic E-state index is 0.332. The second-order valence-corrected chi connectivity index (χ2v) is 8.35. The van der Waals surface area contributed by atoms with Crippen LogP contribution in [0.4, 0.5) is 10.8 Å². The Labute approximate surface area is 199 Å². The molecule has 168 valence electrons. The summed E-state index contributed by atoms with van der Waals surface area (Å²) in [6, 6.07) is 20.6. The van der Waals surface area contributed by atoms with Gasteiger partial charge in [0.15, 0.2) is 5.13 Å². The van der Waals surface area contributed by atoms with Gasteiger partial charge >= 0.3 is 0 Å². The third-order valence-corrected chi connectivity index (χ3v) is 6.13. The van der Waals surface area contributed by atoms with Crippen LogP contribution in [-0.4, -0.2) is 29.3 Å². The fourth-order valence-corrected chi connectivity index (χ4v) is 4.42. The molecule has 1 aliphatic rings. The molecule has 0 unspecified atom stereocenters. The molecule has 0 saturated heterocycles. The molecule has 0 spiro atoms. The van der Waals surface area contributed by atoms with Gasteiger partial charge in [-0.1, -0.05) is 12.1 Å². The summed E-state index contributed by atoms with van der Waals surface area (Å²) >= 11 is 1.33. The van der Waals surface area contributed by atoms with Crippen LogP contribution in [0.5, 0.6) is 5.75 Å². The van der Waals surface area contributed by atoms with Crippen LogP contribution < -0.4 is 15.0 Å². The average molecular weight is 470 g/mol. The zero-order valence-corrected chi connectivity index (χ0v) is 19.0. The maximum Gasteiger partial charge on any atom is 0.266 e. The van der Waals surface area contributed by atoms with E-state index in [4.69, 9.17) is 4.74 Å². The smallest absolute Gasteiger partial charge is 0.266 e. The van der Waals surface area contributed by atoms with Gasteiger partial charge in [0.2, 0.25) is 0 Å². The number of ether oxygens (including phenoxy) is 1. The largest absolute Gasteiger partial charge is 0.494 e. The normalized spacial score (nSPS) is 12.6. The number of imide groups is 1. The molecule has 5 rings (SSSR count). The Bertz CT molecular complexity index is 1360. The predicted molar refractivity (Wildman–Crippen MR) is 131 cm³/mol. The molecule has 34 heavy (non-hydrogen) atoms. The van der Waals surface area contributed by atoms with Crippen molar-refractivity contribution in [1.82, 2.24) is 4.98 Å². The Hall–Kier alpha value is -4.30. The van der Waals surface area contributed by atoms with Crippen LogP contribution >= 0.6 is 11.3 Å². The van der Waals surface area contributed by atoms with Crippen molar-refractivity contribution in [3.8, 4) is 17.0 Å². The standard InChI is InChI=1S/C26H19N3O4S/c1-2-33-19-13-9-16(10-14-19)22-15-34-26(27-22)28-23(30)17-7-11-18(12-8-17)29-24(31)20-5-3-4-6-21(20)25(29)32/h3-15H,2H2,1H3,(H,27,28,30). The lowest BCUT2D eigenvalue weighted by atomic mass is 10.1. The number of thiazole rings is 1. The van der Waals surface area contributed by atoms with E-state index in [-0.39, 0.29) is 17.7 Å². The second kappa shape index (κ2) is 8.92.